The molecule has 2 N–H and O–H groups in total. The second-order valence-electron chi connectivity index (χ2n) is 10.5. The molecular weight excluding hydrogens is 464 g/mol. The minimum Gasteiger partial charge on any atom is -0.507 e. The number of aliphatic hydroxyl groups is 1. The van der Waals surface area contributed by atoms with Crippen LogP contribution in [-0.4, -0.2) is 28.9 Å². The van der Waals surface area contributed by atoms with Gasteiger partial charge in [-0.2, -0.15) is 0 Å². The number of anilines is 1. The normalized spacial score (nSPS) is 17.5. The second kappa shape index (κ2) is 8.96. The number of ether oxygens (including phenoxy) is 1. The summed E-state index contributed by atoms with van der Waals surface area (Å²) in [6.45, 7) is 8.15. The van der Waals surface area contributed by atoms with Crippen LogP contribution in [-0.2, 0) is 15.0 Å². The van der Waals surface area contributed by atoms with E-state index in [1.165, 1.54) is 12.0 Å². The summed E-state index contributed by atoms with van der Waals surface area (Å²) >= 11 is 0. The zero-order chi connectivity index (χ0) is 26.5. The molecule has 0 aliphatic carbocycles. The monoisotopic (exact) mass is 494 g/mol. The van der Waals surface area contributed by atoms with Crippen LogP contribution in [0.4, 0.5) is 5.69 Å². The summed E-state index contributed by atoms with van der Waals surface area (Å²) in [7, 11) is 1.52. The van der Waals surface area contributed by atoms with Crippen LogP contribution in [0.15, 0.2) is 78.5 Å². The predicted octanol–water partition coefficient (Wildman–Crippen LogP) is 6.41. The molecule has 37 heavy (non-hydrogen) atoms. The van der Waals surface area contributed by atoms with Gasteiger partial charge in [0.15, 0.2) is 0 Å². The number of rotatable bonds is 4. The molecule has 0 spiro atoms. The van der Waals surface area contributed by atoms with E-state index in [1.807, 2.05) is 61.5 Å². The van der Waals surface area contributed by atoms with Gasteiger partial charge in [-0.15, -0.1) is 0 Å². The van der Waals surface area contributed by atoms with Crippen LogP contribution in [0.2, 0.25) is 0 Å². The lowest BCUT2D eigenvalue weighted by Crippen LogP contribution is -2.29. The number of hydrogen-bond donors (Lipinski definition) is 2. The number of amides is 1. The number of carbonyl (C=O) groups excluding carboxylic acids is 2. The van der Waals surface area contributed by atoms with E-state index in [2.05, 4.69) is 25.8 Å². The third-order valence-corrected chi connectivity index (χ3v) is 6.96. The number of ketones is 1. The van der Waals surface area contributed by atoms with Crippen LogP contribution >= 0.6 is 0 Å². The first kappa shape index (κ1) is 24.4. The number of methoxy groups -OCH3 is 1. The van der Waals surface area contributed by atoms with Gasteiger partial charge in [0, 0.05) is 28.4 Å². The molecule has 1 aromatic heterocycles. The topological polar surface area (TPSA) is 82.6 Å². The molecule has 0 bridgehead atoms. The number of benzene rings is 3. The van der Waals surface area contributed by atoms with Crippen molar-refractivity contribution in [3.8, 4) is 5.75 Å². The highest BCUT2D eigenvalue weighted by atomic mass is 16.5. The number of hydrogen-bond acceptors (Lipinski definition) is 4. The molecule has 6 heteroatoms. The Hall–Kier alpha value is -4.32. The van der Waals surface area contributed by atoms with Gasteiger partial charge < -0.3 is 14.8 Å². The number of aromatic amines is 1. The Balaban J connectivity index is 1.81. The molecule has 3 aromatic carbocycles. The predicted molar refractivity (Wildman–Crippen MR) is 146 cm³/mol. The van der Waals surface area contributed by atoms with E-state index in [9.17, 15) is 14.7 Å². The lowest BCUT2D eigenvalue weighted by atomic mass is 9.85. The molecule has 0 radical (unpaired) electrons. The fraction of sp³-hybridized carbons (Fsp3) is 0.226. The van der Waals surface area contributed by atoms with Gasteiger partial charge in [-0.3, -0.25) is 14.5 Å². The summed E-state index contributed by atoms with van der Waals surface area (Å²) < 4.78 is 5.57. The molecule has 1 saturated heterocycles. The van der Waals surface area contributed by atoms with Gasteiger partial charge in [-0.05, 0) is 53.8 Å². The van der Waals surface area contributed by atoms with Crippen LogP contribution in [0.25, 0.3) is 16.7 Å². The van der Waals surface area contributed by atoms with Crippen LogP contribution in [0.3, 0.4) is 0 Å². The fourth-order valence-electron chi connectivity index (χ4n) is 5.00. The largest absolute Gasteiger partial charge is 0.507 e. The standard InChI is InChI=1S/C31H30N2O4/c1-18-9-8-10-20(15-18)33-27(23-17-32-24-12-7-6-11-21(23)24)26(29(35)30(33)36)28(34)22-16-19(31(2,3)4)13-14-25(22)37-5/h6-17,27,32,34H,1-5H3/b28-26+. The highest BCUT2D eigenvalue weighted by molar-refractivity contribution is 6.52. The van der Waals surface area contributed by atoms with Gasteiger partial charge in [-0.25, -0.2) is 0 Å². The molecule has 5 rings (SSSR count). The maximum Gasteiger partial charge on any atom is 0.300 e. The summed E-state index contributed by atoms with van der Waals surface area (Å²) in [5.74, 6) is -1.26. The van der Waals surface area contributed by atoms with Gasteiger partial charge in [0.25, 0.3) is 11.7 Å². The Kier molecular flexibility index (Phi) is 5.91. The van der Waals surface area contributed by atoms with Crippen molar-refractivity contribution in [1.29, 1.82) is 0 Å². The summed E-state index contributed by atoms with van der Waals surface area (Å²) in [5, 5.41) is 12.6. The Morgan fingerprint density at radius 3 is 2.46 bits per heavy atom. The third kappa shape index (κ3) is 4.08. The Morgan fingerprint density at radius 1 is 1.00 bits per heavy atom. The Bertz CT molecular complexity index is 1570. The number of carbonyl (C=O) groups is 2. The van der Waals surface area contributed by atoms with Crippen LogP contribution in [0, 0.1) is 6.92 Å². The van der Waals surface area contributed by atoms with Gasteiger partial charge >= 0.3 is 0 Å². The first-order chi connectivity index (χ1) is 17.6. The summed E-state index contributed by atoms with van der Waals surface area (Å²) in [5.41, 5.74) is 4.31. The van der Waals surface area contributed by atoms with E-state index in [0.29, 0.717) is 17.0 Å². The Labute approximate surface area is 216 Å². The minimum absolute atomic E-state index is 0.0284. The average Bonchev–Trinajstić information content (AvgIpc) is 3.41. The first-order valence-corrected chi connectivity index (χ1v) is 12.2. The van der Waals surface area contributed by atoms with Crippen LogP contribution in [0.1, 0.15) is 49.1 Å². The molecule has 1 aliphatic heterocycles. The molecule has 6 nitrogen and oxygen atoms in total. The third-order valence-electron chi connectivity index (χ3n) is 6.96. The van der Waals surface area contributed by atoms with Crippen molar-refractivity contribution in [3.63, 3.8) is 0 Å². The first-order valence-electron chi connectivity index (χ1n) is 12.2. The molecule has 1 fully saturated rings. The van der Waals surface area contributed by atoms with E-state index < -0.39 is 17.7 Å². The van der Waals surface area contributed by atoms with E-state index >= 15 is 0 Å². The maximum atomic E-state index is 13.7. The number of aliphatic hydroxyl groups excluding tert-OH is 1. The van der Waals surface area contributed by atoms with Crippen molar-refractivity contribution in [2.24, 2.45) is 0 Å². The number of H-pyrrole nitrogens is 1. The second-order valence-corrected chi connectivity index (χ2v) is 10.5. The van der Waals surface area contributed by atoms with Crippen molar-refractivity contribution < 1.29 is 19.4 Å². The molecule has 0 saturated carbocycles. The van der Waals surface area contributed by atoms with E-state index in [1.54, 1.807) is 18.3 Å². The number of Topliss-reactive ketones (excluding diaryl/α,β-unsaturated/α-hetero) is 1. The average molecular weight is 495 g/mol. The number of aromatic nitrogens is 1. The summed E-state index contributed by atoms with van der Waals surface area (Å²) in [6.07, 6.45) is 1.81. The van der Waals surface area contributed by atoms with Crippen LogP contribution < -0.4 is 9.64 Å². The Morgan fingerprint density at radius 2 is 1.76 bits per heavy atom. The number of fused-ring (bicyclic) bond motifs is 1. The summed E-state index contributed by atoms with van der Waals surface area (Å²) in [6, 6.07) is 19.9. The number of nitrogens with one attached hydrogen (secondary N) is 1. The SMILES string of the molecule is COc1ccc(C(C)(C)C)cc1/C(O)=C1\C(=O)C(=O)N(c2cccc(C)c2)C1c1c[nH]c2ccccc12. The van der Waals surface area contributed by atoms with Crippen molar-refractivity contribution >= 4 is 34.0 Å². The zero-order valence-electron chi connectivity index (χ0n) is 21.6. The quantitative estimate of drug-likeness (QED) is 0.195. The number of para-hydroxylation sites is 1. The van der Waals surface area contributed by atoms with E-state index in [4.69, 9.17) is 4.74 Å². The van der Waals surface area contributed by atoms with E-state index in [-0.39, 0.29) is 16.7 Å². The smallest absolute Gasteiger partial charge is 0.300 e. The van der Waals surface area contributed by atoms with Gasteiger partial charge in [0.1, 0.15) is 11.5 Å². The molecule has 1 amide bonds. The molecule has 1 atom stereocenters. The maximum absolute atomic E-state index is 13.7. The number of aryl methyl sites for hydroxylation is 1. The van der Waals surface area contributed by atoms with Crippen LogP contribution in [0.5, 0.6) is 5.75 Å². The van der Waals surface area contributed by atoms with Gasteiger partial charge in [0.2, 0.25) is 0 Å². The molecule has 188 valence electrons. The van der Waals surface area contributed by atoms with Crippen molar-refractivity contribution in [3.05, 3.63) is 101 Å². The molecule has 2 heterocycles. The van der Waals surface area contributed by atoms with Crippen molar-refractivity contribution in [2.75, 3.05) is 12.0 Å². The minimum atomic E-state index is -0.832. The molecule has 4 aromatic rings. The molecular formula is C31H30N2O4. The summed E-state index contributed by atoms with van der Waals surface area (Å²) in [4.78, 5) is 32.0. The molecule has 1 unspecified atom stereocenters. The number of nitrogens with zero attached hydrogens (tertiary/aromatic N) is 1. The van der Waals surface area contributed by atoms with Gasteiger partial charge in [-0.1, -0.05) is 57.2 Å². The van der Waals surface area contributed by atoms with Crippen molar-refractivity contribution in [2.45, 2.75) is 39.2 Å². The highest BCUT2D eigenvalue weighted by Gasteiger charge is 2.48. The lowest BCUT2D eigenvalue weighted by Gasteiger charge is -2.26. The van der Waals surface area contributed by atoms with Crippen molar-refractivity contribution in [1.82, 2.24) is 4.98 Å². The lowest BCUT2D eigenvalue weighted by molar-refractivity contribution is -0.132. The van der Waals surface area contributed by atoms with E-state index in [0.717, 1.165) is 27.6 Å². The highest BCUT2D eigenvalue weighted by Crippen LogP contribution is 2.45. The van der Waals surface area contributed by atoms with Gasteiger partial charge in [0.05, 0.1) is 24.3 Å². The fourth-order valence-corrected chi connectivity index (χ4v) is 5.00. The molecule has 1 aliphatic rings. The zero-order valence-corrected chi connectivity index (χ0v) is 21.6.